The van der Waals surface area contributed by atoms with Gasteiger partial charge in [-0.15, -0.1) is 0 Å². The van der Waals surface area contributed by atoms with E-state index in [0.717, 1.165) is 28.0 Å². The van der Waals surface area contributed by atoms with Crippen molar-refractivity contribution in [3.63, 3.8) is 0 Å². The van der Waals surface area contributed by atoms with Gasteiger partial charge in [-0.2, -0.15) is 0 Å². The van der Waals surface area contributed by atoms with Crippen LogP contribution in [0.25, 0.3) is 0 Å². The summed E-state index contributed by atoms with van der Waals surface area (Å²) in [6.07, 6.45) is 0. The second-order valence-electron chi connectivity index (χ2n) is 5.43. The monoisotopic (exact) mass is 348 g/mol. The first kappa shape index (κ1) is 16.0. The Morgan fingerprint density at radius 3 is 2.62 bits per heavy atom. The van der Waals surface area contributed by atoms with Crippen LogP contribution in [0.3, 0.4) is 0 Å². The molecule has 0 radical (unpaired) electrons. The van der Waals surface area contributed by atoms with E-state index in [1.54, 1.807) is 0 Å². The van der Waals surface area contributed by atoms with Gasteiger partial charge in [-0.05, 0) is 53.5 Å². The van der Waals surface area contributed by atoms with Gasteiger partial charge in [0.25, 0.3) is 0 Å². The molecular weight excluding hydrogens is 328 g/mol. The summed E-state index contributed by atoms with van der Waals surface area (Å²) >= 11 is 3.51. The van der Waals surface area contributed by atoms with E-state index in [1.165, 1.54) is 5.56 Å². The number of hydrogen-bond acceptors (Lipinski definition) is 3. The zero-order chi connectivity index (χ0) is 15.4. The second-order valence-corrected chi connectivity index (χ2v) is 6.29. The summed E-state index contributed by atoms with van der Waals surface area (Å²) in [6.45, 7) is 9.09. The molecule has 0 amide bonds. The van der Waals surface area contributed by atoms with Crippen molar-refractivity contribution in [1.82, 2.24) is 10.3 Å². The molecule has 0 atom stereocenters. The van der Waals surface area contributed by atoms with Gasteiger partial charge >= 0.3 is 0 Å². The van der Waals surface area contributed by atoms with Crippen LogP contribution in [0, 0.1) is 13.8 Å². The van der Waals surface area contributed by atoms with Crippen molar-refractivity contribution in [1.29, 1.82) is 0 Å². The third kappa shape index (κ3) is 4.29. The van der Waals surface area contributed by atoms with Gasteiger partial charge in [-0.3, -0.25) is 0 Å². The average Bonchev–Trinajstić information content (AvgIpc) is 2.40. The first-order valence-electron chi connectivity index (χ1n) is 7.10. The number of para-hydroxylation sites is 1. The van der Waals surface area contributed by atoms with Crippen LogP contribution in [0.4, 0.5) is 0 Å². The molecule has 0 saturated carbocycles. The number of aromatic nitrogens is 1. The van der Waals surface area contributed by atoms with Gasteiger partial charge < -0.3 is 10.1 Å². The van der Waals surface area contributed by atoms with Crippen LogP contribution in [-0.4, -0.2) is 11.0 Å². The van der Waals surface area contributed by atoms with Crippen molar-refractivity contribution >= 4 is 15.9 Å². The molecule has 1 heterocycles. The predicted molar refractivity (Wildman–Crippen MR) is 89.9 cm³/mol. The fourth-order valence-electron chi connectivity index (χ4n) is 2.07. The Morgan fingerprint density at radius 2 is 1.95 bits per heavy atom. The highest BCUT2D eigenvalue weighted by atomic mass is 79.9. The maximum Gasteiger partial charge on any atom is 0.224 e. The lowest BCUT2D eigenvalue weighted by atomic mass is 10.1. The van der Waals surface area contributed by atoms with Crippen LogP contribution < -0.4 is 10.1 Å². The molecule has 21 heavy (non-hydrogen) atoms. The summed E-state index contributed by atoms with van der Waals surface area (Å²) in [6, 6.07) is 10.3. The van der Waals surface area contributed by atoms with Gasteiger partial charge in [0.15, 0.2) is 0 Å². The summed E-state index contributed by atoms with van der Waals surface area (Å²) < 4.78 is 6.96. The minimum Gasteiger partial charge on any atom is -0.437 e. The summed E-state index contributed by atoms with van der Waals surface area (Å²) in [7, 11) is 0. The summed E-state index contributed by atoms with van der Waals surface area (Å²) in [4.78, 5) is 4.57. The SMILES string of the molecule is Cc1cc(C)c(CNC(C)C)c(Oc2ccccc2Br)n1. The molecule has 4 heteroatoms. The van der Waals surface area contributed by atoms with Crippen LogP contribution in [0.1, 0.15) is 30.7 Å². The lowest BCUT2D eigenvalue weighted by Gasteiger charge is -2.16. The number of hydrogen-bond donors (Lipinski definition) is 1. The Morgan fingerprint density at radius 1 is 1.24 bits per heavy atom. The van der Waals surface area contributed by atoms with Crippen molar-refractivity contribution in [2.24, 2.45) is 0 Å². The molecule has 0 fully saturated rings. The highest BCUT2D eigenvalue weighted by molar-refractivity contribution is 9.10. The smallest absolute Gasteiger partial charge is 0.224 e. The molecule has 1 aromatic heterocycles. The fraction of sp³-hybridized carbons (Fsp3) is 0.353. The Balaban J connectivity index is 2.35. The number of nitrogens with zero attached hydrogens (tertiary/aromatic N) is 1. The highest BCUT2D eigenvalue weighted by Crippen LogP contribution is 2.31. The molecule has 2 rings (SSSR count). The van der Waals surface area contributed by atoms with Crippen molar-refractivity contribution < 1.29 is 4.74 Å². The van der Waals surface area contributed by atoms with Gasteiger partial charge in [-0.1, -0.05) is 26.0 Å². The van der Waals surface area contributed by atoms with E-state index in [0.29, 0.717) is 11.9 Å². The molecule has 112 valence electrons. The van der Waals surface area contributed by atoms with Gasteiger partial charge in [-0.25, -0.2) is 4.98 Å². The normalized spacial score (nSPS) is 11.0. The molecular formula is C17H21BrN2O. The van der Waals surface area contributed by atoms with Crippen molar-refractivity contribution in [2.75, 3.05) is 0 Å². The van der Waals surface area contributed by atoms with Gasteiger partial charge in [0, 0.05) is 23.8 Å². The summed E-state index contributed by atoms with van der Waals surface area (Å²) in [5.41, 5.74) is 3.26. The maximum absolute atomic E-state index is 6.04. The lowest BCUT2D eigenvalue weighted by molar-refractivity contribution is 0.445. The van der Waals surface area contributed by atoms with E-state index < -0.39 is 0 Å². The van der Waals surface area contributed by atoms with Gasteiger partial charge in [0.05, 0.1) is 4.47 Å². The van der Waals surface area contributed by atoms with Gasteiger partial charge in [0.1, 0.15) is 5.75 Å². The first-order chi connectivity index (χ1) is 9.97. The highest BCUT2D eigenvalue weighted by Gasteiger charge is 2.13. The van der Waals surface area contributed by atoms with E-state index in [2.05, 4.69) is 53.1 Å². The predicted octanol–water partition coefficient (Wildman–Crippen LogP) is 4.75. The molecule has 0 aliphatic heterocycles. The number of halogens is 1. The quantitative estimate of drug-likeness (QED) is 0.846. The molecule has 0 saturated heterocycles. The largest absolute Gasteiger partial charge is 0.437 e. The first-order valence-corrected chi connectivity index (χ1v) is 7.89. The standard InChI is InChI=1S/C17H21BrN2O/c1-11(2)19-10-14-12(3)9-13(4)20-17(14)21-16-8-6-5-7-15(16)18/h5-9,11,19H,10H2,1-4H3. The van der Waals surface area contributed by atoms with E-state index in [1.807, 2.05) is 31.2 Å². The molecule has 2 aromatic rings. The van der Waals surface area contributed by atoms with Crippen LogP contribution in [0.15, 0.2) is 34.8 Å². The number of ether oxygens (including phenoxy) is 1. The fourth-order valence-corrected chi connectivity index (χ4v) is 2.43. The molecule has 0 unspecified atom stereocenters. The Hall–Kier alpha value is -1.39. The Bertz CT molecular complexity index is 626. The van der Waals surface area contributed by atoms with Crippen molar-refractivity contribution in [3.8, 4) is 11.6 Å². The zero-order valence-corrected chi connectivity index (χ0v) is 14.5. The van der Waals surface area contributed by atoms with Crippen molar-refractivity contribution in [2.45, 2.75) is 40.3 Å². The third-order valence-electron chi connectivity index (χ3n) is 3.17. The lowest BCUT2D eigenvalue weighted by Crippen LogP contribution is -2.23. The number of rotatable bonds is 5. The minimum atomic E-state index is 0.419. The van der Waals surface area contributed by atoms with E-state index in [9.17, 15) is 0 Å². The van der Waals surface area contributed by atoms with Crippen LogP contribution in [-0.2, 0) is 6.54 Å². The van der Waals surface area contributed by atoms with Crippen LogP contribution in [0.5, 0.6) is 11.6 Å². The molecule has 1 N–H and O–H groups in total. The number of aryl methyl sites for hydroxylation is 2. The molecule has 0 spiro atoms. The van der Waals surface area contributed by atoms with E-state index >= 15 is 0 Å². The van der Waals surface area contributed by atoms with E-state index in [4.69, 9.17) is 4.74 Å². The van der Waals surface area contributed by atoms with Crippen LogP contribution in [0.2, 0.25) is 0 Å². The number of nitrogens with one attached hydrogen (secondary N) is 1. The molecule has 0 bridgehead atoms. The molecule has 0 aliphatic rings. The summed E-state index contributed by atoms with van der Waals surface area (Å²) in [5, 5.41) is 3.43. The second kappa shape index (κ2) is 7.05. The topological polar surface area (TPSA) is 34.1 Å². The Kier molecular flexibility index (Phi) is 5.37. The number of benzene rings is 1. The summed E-state index contributed by atoms with van der Waals surface area (Å²) in [5.74, 6) is 1.45. The molecule has 1 aromatic carbocycles. The number of pyridine rings is 1. The van der Waals surface area contributed by atoms with Gasteiger partial charge in [0.2, 0.25) is 5.88 Å². The third-order valence-corrected chi connectivity index (χ3v) is 3.82. The zero-order valence-electron chi connectivity index (χ0n) is 12.9. The maximum atomic E-state index is 6.04. The molecule has 3 nitrogen and oxygen atoms in total. The average molecular weight is 349 g/mol. The molecule has 0 aliphatic carbocycles. The van der Waals surface area contributed by atoms with Crippen molar-refractivity contribution in [3.05, 3.63) is 51.6 Å². The van der Waals surface area contributed by atoms with Crippen LogP contribution >= 0.6 is 15.9 Å². The Labute approximate surface area is 134 Å². The minimum absolute atomic E-state index is 0.419. The van der Waals surface area contributed by atoms with E-state index in [-0.39, 0.29) is 0 Å².